The molecule has 4 heterocycles. The van der Waals surface area contributed by atoms with E-state index in [2.05, 4.69) is 10.3 Å². The van der Waals surface area contributed by atoms with Gasteiger partial charge in [0.25, 0.3) is 11.8 Å². The van der Waals surface area contributed by atoms with Crippen molar-refractivity contribution in [3.05, 3.63) is 34.0 Å². The monoisotopic (exact) mass is 373 g/mol. The quantitative estimate of drug-likeness (QED) is 0.801. The average Bonchev–Trinajstić information content (AvgIpc) is 3.41. The van der Waals surface area contributed by atoms with Gasteiger partial charge in [-0.05, 0) is 19.8 Å². The number of amides is 2. The Morgan fingerprint density at radius 1 is 1.11 bits per heavy atom. The number of nitrogens with zero attached hydrogens (tertiary/aromatic N) is 5. The van der Waals surface area contributed by atoms with E-state index in [1.165, 1.54) is 0 Å². The molecule has 0 atom stereocenters. The standard InChI is InChI=1S/C18H23N5O4/c1-11-13(10-26-3)16(20-27-11)18(25)23-8-12-14(9-23)21(2)19-15(12)17(24)22-6-4-5-7-22/h4-10H2,1-3H3. The molecular formula is C18H23N5O4. The van der Waals surface area contributed by atoms with Crippen molar-refractivity contribution >= 4 is 11.8 Å². The van der Waals surface area contributed by atoms with Crippen LogP contribution in [0, 0.1) is 6.92 Å². The van der Waals surface area contributed by atoms with E-state index in [0.29, 0.717) is 30.1 Å². The molecule has 0 unspecified atom stereocenters. The third-order valence-corrected chi connectivity index (χ3v) is 5.32. The first-order valence-electron chi connectivity index (χ1n) is 9.08. The van der Waals surface area contributed by atoms with Crippen molar-refractivity contribution in [3.8, 4) is 0 Å². The van der Waals surface area contributed by atoms with E-state index in [9.17, 15) is 9.59 Å². The number of ether oxygens (including phenoxy) is 1. The summed E-state index contributed by atoms with van der Waals surface area (Å²) < 4.78 is 12.0. The van der Waals surface area contributed by atoms with E-state index in [1.54, 1.807) is 23.6 Å². The van der Waals surface area contributed by atoms with E-state index in [1.807, 2.05) is 11.9 Å². The SMILES string of the molecule is COCc1c(C(=O)N2Cc3c(C(=O)N4CCCC4)nn(C)c3C2)noc1C. The molecule has 1 saturated heterocycles. The highest BCUT2D eigenvalue weighted by molar-refractivity contribution is 5.96. The van der Waals surface area contributed by atoms with Crippen LogP contribution in [0.15, 0.2) is 4.52 Å². The number of carbonyl (C=O) groups excluding carboxylic acids is 2. The lowest BCUT2D eigenvalue weighted by Crippen LogP contribution is -2.30. The predicted molar refractivity (Wildman–Crippen MR) is 93.9 cm³/mol. The third kappa shape index (κ3) is 2.91. The molecule has 4 rings (SSSR count). The van der Waals surface area contributed by atoms with Crippen LogP contribution >= 0.6 is 0 Å². The number of rotatable bonds is 4. The van der Waals surface area contributed by atoms with Gasteiger partial charge in [-0.2, -0.15) is 5.10 Å². The fourth-order valence-corrected chi connectivity index (χ4v) is 3.80. The van der Waals surface area contributed by atoms with Crippen LogP contribution in [0.2, 0.25) is 0 Å². The van der Waals surface area contributed by atoms with Crippen LogP contribution < -0.4 is 0 Å². The first-order valence-corrected chi connectivity index (χ1v) is 9.08. The summed E-state index contributed by atoms with van der Waals surface area (Å²) in [4.78, 5) is 29.3. The van der Waals surface area contributed by atoms with Crippen LogP contribution in [0.5, 0.6) is 0 Å². The molecule has 2 amide bonds. The molecule has 9 nitrogen and oxygen atoms in total. The lowest BCUT2D eigenvalue weighted by molar-refractivity contribution is 0.0724. The molecule has 2 aliphatic rings. The van der Waals surface area contributed by atoms with E-state index >= 15 is 0 Å². The highest BCUT2D eigenvalue weighted by Crippen LogP contribution is 2.29. The van der Waals surface area contributed by atoms with E-state index < -0.39 is 0 Å². The molecule has 0 saturated carbocycles. The number of aryl methyl sites for hydroxylation is 2. The zero-order valence-corrected chi connectivity index (χ0v) is 15.8. The number of fused-ring (bicyclic) bond motifs is 1. The summed E-state index contributed by atoms with van der Waals surface area (Å²) in [6, 6.07) is 0. The first-order chi connectivity index (χ1) is 13.0. The third-order valence-electron chi connectivity index (χ3n) is 5.32. The zero-order valence-electron chi connectivity index (χ0n) is 15.8. The number of likely N-dealkylation sites (tertiary alicyclic amines) is 1. The van der Waals surface area contributed by atoms with Crippen molar-refractivity contribution in [1.29, 1.82) is 0 Å². The Morgan fingerprint density at radius 3 is 2.52 bits per heavy atom. The molecule has 0 bridgehead atoms. The molecule has 9 heteroatoms. The summed E-state index contributed by atoms with van der Waals surface area (Å²) in [5, 5.41) is 8.35. The van der Waals surface area contributed by atoms with Crippen molar-refractivity contribution in [2.24, 2.45) is 7.05 Å². The maximum absolute atomic E-state index is 13.0. The van der Waals surface area contributed by atoms with Gasteiger partial charge in [0.05, 0.1) is 31.0 Å². The van der Waals surface area contributed by atoms with Crippen LogP contribution in [-0.2, 0) is 31.5 Å². The number of aromatic nitrogens is 3. The van der Waals surface area contributed by atoms with Crippen molar-refractivity contribution in [1.82, 2.24) is 24.7 Å². The average molecular weight is 373 g/mol. The predicted octanol–water partition coefficient (Wildman–Crippen LogP) is 1.25. The normalized spacial score (nSPS) is 16.3. The van der Waals surface area contributed by atoms with Crippen LogP contribution in [0.4, 0.5) is 0 Å². The summed E-state index contributed by atoms with van der Waals surface area (Å²) in [6.07, 6.45) is 2.05. The Bertz CT molecular complexity index is 894. The summed E-state index contributed by atoms with van der Waals surface area (Å²) in [5.41, 5.74) is 3.10. The van der Waals surface area contributed by atoms with Crippen LogP contribution in [0.3, 0.4) is 0 Å². The largest absolute Gasteiger partial charge is 0.380 e. The van der Waals surface area contributed by atoms with Gasteiger partial charge in [-0.25, -0.2) is 0 Å². The Balaban J connectivity index is 1.58. The van der Waals surface area contributed by atoms with Crippen molar-refractivity contribution in [3.63, 3.8) is 0 Å². The lowest BCUT2D eigenvalue weighted by atomic mass is 10.2. The molecule has 27 heavy (non-hydrogen) atoms. The summed E-state index contributed by atoms with van der Waals surface area (Å²) in [6.45, 7) is 4.29. The molecule has 2 aliphatic heterocycles. The van der Waals surface area contributed by atoms with Crippen molar-refractivity contribution < 1.29 is 18.8 Å². The van der Waals surface area contributed by atoms with E-state index in [-0.39, 0.29) is 24.1 Å². The fourth-order valence-electron chi connectivity index (χ4n) is 3.80. The lowest BCUT2D eigenvalue weighted by Gasteiger charge is -2.17. The highest BCUT2D eigenvalue weighted by Gasteiger charge is 2.36. The van der Waals surface area contributed by atoms with Gasteiger partial charge in [0.1, 0.15) is 5.76 Å². The maximum atomic E-state index is 13.0. The summed E-state index contributed by atoms with van der Waals surface area (Å²) in [5.74, 6) is 0.300. The summed E-state index contributed by atoms with van der Waals surface area (Å²) in [7, 11) is 3.37. The maximum Gasteiger partial charge on any atom is 0.277 e. The zero-order chi connectivity index (χ0) is 19.1. The molecular weight excluding hydrogens is 350 g/mol. The molecule has 0 spiro atoms. The molecule has 0 aliphatic carbocycles. The molecule has 0 aromatic carbocycles. The van der Waals surface area contributed by atoms with Gasteiger partial charge in [-0.1, -0.05) is 5.16 Å². The Labute approximate surface area is 156 Å². The van der Waals surface area contributed by atoms with Crippen LogP contribution in [0.25, 0.3) is 0 Å². The van der Waals surface area contributed by atoms with E-state index in [4.69, 9.17) is 9.26 Å². The van der Waals surface area contributed by atoms with Gasteiger partial charge in [-0.3, -0.25) is 14.3 Å². The highest BCUT2D eigenvalue weighted by atomic mass is 16.5. The number of carbonyl (C=O) groups is 2. The number of hydrogen-bond donors (Lipinski definition) is 0. The Kier molecular flexibility index (Phi) is 4.47. The molecule has 0 radical (unpaired) electrons. The van der Waals surface area contributed by atoms with Crippen LogP contribution in [-0.4, -0.2) is 56.8 Å². The fraction of sp³-hybridized carbons (Fsp3) is 0.556. The van der Waals surface area contributed by atoms with Gasteiger partial charge in [0.15, 0.2) is 11.4 Å². The smallest absolute Gasteiger partial charge is 0.277 e. The molecule has 1 fully saturated rings. The number of hydrogen-bond acceptors (Lipinski definition) is 6. The second-order valence-electron chi connectivity index (χ2n) is 7.06. The van der Waals surface area contributed by atoms with E-state index in [0.717, 1.165) is 37.2 Å². The van der Waals surface area contributed by atoms with Crippen molar-refractivity contribution in [2.45, 2.75) is 39.5 Å². The Morgan fingerprint density at radius 2 is 1.81 bits per heavy atom. The van der Waals surface area contributed by atoms with Gasteiger partial charge in [0.2, 0.25) is 0 Å². The van der Waals surface area contributed by atoms with Gasteiger partial charge in [0, 0.05) is 32.8 Å². The molecule has 0 N–H and O–H groups in total. The molecule has 144 valence electrons. The minimum absolute atomic E-state index is 0.0454. The van der Waals surface area contributed by atoms with Crippen molar-refractivity contribution in [2.75, 3.05) is 20.2 Å². The minimum Gasteiger partial charge on any atom is -0.380 e. The summed E-state index contributed by atoms with van der Waals surface area (Å²) >= 11 is 0. The minimum atomic E-state index is -0.227. The second-order valence-corrected chi connectivity index (χ2v) is 7.06. The first kappa shape index (κ1) is 17.7. The van der Waals surface area contributed by atoms with Gasteiger partial charge >= 0.3 is 0 Å². The van der Waals surface area contributed by atoms with Gasteiger partial charge < -0.3 is 19.1 Å². The van der Waals surface area contributed by atoms with Gasteiger partial charge in [-0.15, -0.1) is 0 Å². The molecule has 2 aromatic heterocycles. The number of methoxy groups -OCH3 is 1. The van der Waals surface area contributed by atoms with Crippen LogP contribution in [0.1, 0.15) is 56.4 Å². The second kappa shape index (κ2) is 6.80. The molecule has 2 aromatic rings. The Hall–Kier alpha value is -2.68. The topological polar surface area (TPSA) is 93.7 Å².